The zero-order valence-corrected chi connectivity index (χ0v) is 10.9. The number of amides is 1. The molecule has 0 bridgehead atoms. The van der Waals surface area contributed by atoms with E-state index in [-0.39, 0.29) is 6.54 Å². The second kappa shape index (κ2) is 6.94. The van der Waals surface area contributed by atoms with E-state index in [2.05, 4.69) is 5.32 Å². The lowest BCUT2D eigenvalue weighted by atomic mass is 10.0. The average Bonchev–Trinajstić information content (AvgIpc) is 2.21. The van der Waals surface area contributed by atoms with Crippen molar-refractivity contribution in [2.24, 2.45) is 0 Å². The molecule has 2 unspecified atom stereocenters. The van der Waals surface area contributed by atoms with E-state index in [0.717, 1.165) is 6.42 Å². The monoisotopic (exact) mass is 270 g/mol. The Morgan fingerprint density at radius 2 is 1.89 bits per heavy atom. The number of carbonyl (C=O) groups excluding carboxylic acids is 1. The van der Waals surface area contributed by atoms with Crippen molar-refractivity contribution in [1.29, 1.82) is 0 Å². The van der Waals surface area contributed by atoms with Crippen LogP contribution in [0.3, 0.4) is 0 Å². The first kappa shape index (κ1) is 17.2. The Balaban J connectivity index is 4.02. The quantitative estimate of drug-likeness (QED) is 0.651. The minimum atomic E-state index is -4.41. The van der Waals surface area contributed by atoms with Crippen LogP contribution in [0.5, 0.6) is 0 Å². The predicted molar refractivity (Wildman–Crippen MR) is 62.1 cm³/mol. The summed E-state index contributed by atoms with van der Waals surface area (Å²) in [6.45, 7) is 3.79. The second-order valence-corrected chi connectivity index (χ2v) is 4.68. The van der Waals surface area contributed by atoms with Gasteiger partial charge in [-0.25, -0.2) is 0 Å². The van der Waals surface area contributed by atoms with Crippen LogP contribution in [0.15, 0.2) is 0 Å². The van der Waals surface area contributed by atoms with E-state index in [4.69, 9.17) is 0 Å². The van der Waals surface area contributed by atoms with Gasteiger partial charge >= 0.3 is 6.18 Å². The molecular weight excluding hydrogens is 249 g/mol. The SMILES string of the molecule is CCCC(C)(O)CNC(C)C(=O)NCC(F)(F)F. The molecule has 0 aromatic heterocycles. The molecule has 0 aromatic rings. The average molecular weight is 270 g/mol. The number of hydrogen-bond acceptors (Lipinski definition) is 3. The molecule has 4 nitrogen and oxygen atoms in total. The lowest BCUT2D eigenvalue weighted by molar-refractivity contribution is -0.139. The first-order valence-corrected chi connectivity index (χ1v) is 5.87. The number of rotatable bonds is 7. The van der Waals surface area contributed by atoms with Crippen LogP contribution in [0.2, 0.25) is 0 Å². The Labute approximate surface area is 105 Å². The molecule has 0 aliphatic carbocycles. The van der Waals surface area contributed by atoms with Crippen LogP contribution in [0.4, 0.5) is 13.2 Å². The van der Waals surface area contributed by atoms with E-state index < -0.39 is 30.3 Å². The fourth-order valence-electron chi connectivity index (χ4n) is 1.43. The third-order valence-electron chi connectivity index (χ3n) is 2.43. The molecule has 0 aliphatic heterocycles. The van der Waals surface area contributed by atoms with Gasteiger partial charge in [0.05, 0.1) is 11.6 Å². The van der Waals surface area contributed by atoms with E-state index >= 15 is 0 Å². The highest BCUT2D eigenvalue weighted by molar-refractivity contribution is 5.81. The molecule has 0 spiro atoms. The van der Waals surface area contributed by atoms with Gasteiger partial charge in [-0.15, -0.1) is 0 Å². The van der Waals surface area contributed by atoms with Crippen molar-refractivity contribution < 1.29 is 23.1 Å². The maximum absolute atomic E-state index is 11.9. The second-order valence-electron chi connectivity index (χ2n) is 4.68. The predicted octanol–water partition coefficient (Wildman–Crippen LogP) is 1.19. The Morgan fingerprint density at radius 1 is 1.33 bits per heavy atom. The van der Waals surface area contributed by atoms with Crippen LogP contribution in [-0.4, -0.2) is 41.9 Å². The van der Waals surface area contributed by atoms with Gasteiger partial charge in [0.2, 0.25) is 5.91 Å². The van der Waals surface area contributed by atoms with Gasteiger partial charge in [-0.3, -0.25) is 4.79 Å². The number of carbonyl (C=O) groups is 1. The van der Waals surface area contributed by atoms with E-state index in [0.29, 0.717) is 6.42 Å². The molecule has 108 valence electrons. The van der Waals surface area contributed by atoms with Crippen molar-refractivity contribution in [2.75, 3.05) is 13.1 Å². The smallest absolute Gasteiger partial charge is 0.389 e. The molecule has 7 heteroatoms. The highest BCUT2D eigenvalue weighted by Crippen LogP contribution is 2.12. The molecule has 0 saturated heterocycles. The number of hydrogen-bond donors (Lipinski definition) is 3. The molecule has 0 radical (unpaired) electrons. The highest BCUT2D eigenvalue weighted by Gasteiger charge is 2.29. The molecule has 0 rings (SSSR count). The third-order valence-corrected chi connectivity index (χ3v) is 2.43. The Hall–Kier alpha value is -0.820. The number of alkyl halides is 3. The van der Waals surface area contributed by atoms with Gasteiger partial charge in [0.25, 0.3) is 0 Å². The summed E-state index contributed by atoms with van der Waals surface area (Å²) < 4.78 is 35.6. The molecule has 18 heavy (non-hydrogen) atoms. The topological polar surface area (TPSA) is 61.4 Å². The van der Waals surface area contributed by atoms with E-state index in [1.54, 1.807) is 12.2 Å². The van der Waals surface area contributed by atoms with Crippen LogP contribution in [-0.2, 0) is 4.79 Å². The number of halogens is 3. The Morgan fingerprint density at radius 3 is 2.33 bits per heavy atom. The zero-order chi connectivity index (χ0) is 14.4. The molecule has 0 aliphatic rings. The van der Waals surface area contributed by atoms with Crippen molar-refractivity contribution in [1.82, 2.24) is 10.6 Å². The molecule has 0 heterocycles. The standard InChI is InChI=1S/C11H21F3N2O2/c1-4-5-10(3,18)6-15-8(2)9(17)16-7-11(12,13)14/h8,15,18H,4-7H2,1-3H3,(H,16,17). The summed E-state index contributed by atoms with van der Waals surface area (Å²) in [5.41, 5.74) is -0.965. The van der Waals surface area contributed by atoms with Crippen molar-refractivity contribution in [3.05, 3.63) is 0 Å². The van der Waals surface area contributed by atoms with Crippen LogP contribution < -0.4 is 10.6 Å². The van der Waals surface area contributed by atoms with Crippen molar-refractivity contribution in [3.63, 3.8) is 0 Å². The van der Waals surface area contributed by atoms with E-state index in [1.807, 2.05) is 6.92 Å². The number of nitrogens with one attached hydrogen (secondary N) is 2. The zero-order valence-electron chi connectivity index (χ0n) is 10.9. The summed E-state index contributed by atoms with van der Waals surface area (Å²) in [7, 11) is 0. The first-order valence-electron chi connectivity index (χ1n) is 5.87. The number of aliphatic hydroxyl groups is 1. The fraction of sp³-hybridized carbons (Fsp3) is 0.909. The van der Waals surface area contributed by atoms with Gasteiger partial charge in [-0.05, 0) is 20.3 Å². The van der Waals surface area contributed by atoms with Crippen LogP contribution >= 0.6 is 0 Å². The Bertz CT molecular complexity index is 268. The van der Waals surface area contributed by atoms with Crippen LogP contribution in [0, 0.1) is 0 Å². The largest absolute Gasteiger partial charge is 0.405 e. The van der Waals surface area contributed by atoms with Gasteiger partial charge in [-0.2, -0.15) is 13.2 Å². The van der Waals surface area contributed by atoms with Gasteiger partial charge < -0.3 is 15.7 Å². The Kier molecular flexibility index (Phi) is 6.62. The van der Waals surface area contributed by atoms with Crippen LogP contribution in [0.25, 0.3) is 0 Å². The summed E-state index contributed by atoms with van der Waals surface area (Å²) in [6, 6.07) is -0.782. The highest BCUT2D eigenvalue weighted by atomic mass is 19.4. The summed E-state index contributed by atoms with van der Waals surface area (Å²) in [5, 5.41) is 14.3. The maximum atomic E-state index is 11.9. The first-order chi connectivity index (χ1) is 8.07. The van der Waals surface area contributed by atoms with Crippen molar-refractivity contribution in [3.8, 4) is 0 Å². The van der Waals surface area contributed by atoms with Crippen molar-refractivity contribution in [2.45, 2.75) is 51.4 Å². The fourth-order valence-corrected chi connectivity index (χ4v) is 1.43. The van der Waals surface area contributed by atoms with Gasteiger partial charge in [0.15, 0.2) is 0 Å². The van der Waals surface area contributed by atoms with Gasteiger partial charge in [0.1, 0.15) is 6.54 Å². The maximum Gasteiger partial charge on any atom is 0.405 e. The minimum absolute atomic E-state index is 0.154. The molecule has 2 atom stereocenters. The minimum Gasteiger partial charge on any atom is -0.389 e. The lowest BCUT2D eigenvalue weighted by Crippen LogP contribution is -2.49. The van der Waals surface area contributed by atoms with E-state index in [1.165, 1.54) is 6.92 Å². The normalized spacial score (nSPS) is 17.1. The van der Waals surface area contributed by atoms with Crippen molar-refractivity contribution >= 4 is 5.91 Å². The summed E-state index contributed by atoms with van der Waals surface area (Å²) >= 11 is 0. The van der Waals surface area contributed by atoms with Gasteiger partial charge in [0, 0.05) is 6.54 Å². The summed E-state index contributed by atoms with van der Waals surface area (Å²) in [4.78, 5) is 11.3. The molecule has 0 aromatic carbocycles. The molecular formula is C11H21F3N2O2. The van der Waals surface area contributed by atoms with E-state index in [9.17, 15) is 23.1 Å². The molecule has 3 N–H and O–H groups in total. The molecule has 0 saturated carbocycles. The lowest BCUT2D eigenvalue weighted by Gasteiger charge is -2.25. The molecule has 0 fully saturated rings. The molecule has 1 amide bonds. The van der Waals surface area contributed by atoms with Crippen LogP contribution in [0.1, 0.15) is 33.6 Å². The van der Waals surface area contributed by atoms with Gasteiger partial charge in [-0.1, -0.05) is 13.3 Å². The third kappa shape index (κ3) is 8.30. The summed E-state index contributed by atoms with van der Waals surface area (Å²) in [6.07, 6.45) is -3.08. The summed E-state index contributed by atoms with van der Waals surface area (Å²) in [5.74, 6) is -0.736.